The molecular weight excluding hydrogens is 158 g/mol. The fraction of sp³-hybridized carbons (Fsp3) is 0.571. The van der Waals surface area contributed by atoms with Gasteiger partial charge in [-0.3, -0.25) is 0 Å². The van der Waals surface area contributed by atoms with Crippen LogP contribution in [-0.2, 0) is 12.2 Å². The molecule has 0 saturated heterocycles. The lowest BCUT2D eigenvalue weighted by atomic mass is 10.3. The average molecular weight is 171 g/mol. The number of rotatable bonds is 3. The molecule has 11 heavy (non-hydrogen) atoms. The third-order valence-corrected chi connectivity index (χ3v) is 1.88. The summed E-state index contributed by atoms with van der Waals surface area (Å²) in [7, 11) is 0. The largest absolute Gasteiger partial charge is 0.345 e. The summed E-state index contributed by atoms with van der Waals surface area (Å²) >= 11 is 4.11. The second-order valence-electron chi connectivity index (χ2n) is 2.44. The van der Waals surface area contributed by atoms with Crippen LogP contribution in [0.4, 0.5) is 0 Å². The van der Waals surface area contributed by atoms with E-state index in [0.717, 1.165) is 23.6 Å². The number of imidazole rings is 1. The summed E-state index contributed by atoms with van der Waals surface area (Å²) in [6.07, 6.45) is 0.868. The molecule has 0 unspecified atom stereocenters. The first-order chi connectivity index (χ1) is 5.27. The van der Waals surface area contributed by atoms with Crippen molar-refractivity contribution < 1.29 is 0 Å². The number of nitrogens with two attached hydrogens (primary N) is 1. The Morgan fingerprint density at radius 3 is 2.82 bits per heavy atom. The molecule has 4 heteroatoms. The van der Waals surface area contributed by atoms with Crippen LogP contribution in [0.15, 0.2) is 0 Å². The highest BCUT2D eigenvalue weighted by molar-refractivity contribution is 7.79. The minimum Gasteiger partial charge on any atom is -0.345 e. The standard InChI is InChI=1S/C7H13N3S/c1-5-6(2-3-8)10-7(4-11)9-5/h11H,2-4,8H2,1H3,(H,9,10). The van der Waals surface area contributed by atoms with Gasteiger partial charge in [-0.25, -0.2) is 4.98 Å². The van der Waals surface area contributed by atoms with E-state index in [1.807, 2.05) is 6.92 Å². The van der Waals surface area contributed by atoms with Crippen molar-refractivity contribution in [3.8, 4) is 0 Å². The number of aromatic amines is 1. The lowest BCUT2D eigenvalue weighted by Gasteiger charge is -1.92. The third kappa shape index (κ3) is 1.97. The number of thiol groups is 1. The Labute approximate surface area is 71.8 Å². The van der Waals surface area contributed by atoms with Gasteiger partial charge < -0.3 is 10.7 Å². The molecule has 1 aromatic heterocycles. The van der Waals surface area contributed by atoms with Crippen LogP contribution in [-0.4, -0.2) is 16.5 Å². The number of hydrogen-bond donors (Lipinski definition) is 3. The maximum Gasteiger partial charge on any atom is 0.116 e. The molecule has 3 N–H and O–H groups in total. The van der Waals surface area contributed by atoms with Crippen LogP contribution < -0.4 is 5.73 Å². The highest BCUT2D eigenvalue weighted by Crippen LogP contribution is 2.06. The summed E-state index contributed by atoms with van der Waals surface area (Å²) in [6, 6.07) is 0. The minimum absolute atomic E-state index is 0.658. The van der Waals surface area contributed by atoms with Gasteiger partial charge in [0, 0.05) is 17.9 Å². The van der Waals surface area contributed by atoms with Crippen LogP contribution in [0.25, 0.3) is 0 Å². The Bertz CT molecular complexity index is 232. The van der Waals surface area contributed by atoms with Crippen LogP contribution in [0.3, 0.4) is 0 Å². The van der Waals surface area contributed by atoms with Gasteiger partial charge in [-0.15, -0.1) is 0 Å². The fourth-order valence-electron chi connectivity index (χ4n) is 1.03. The monoisotopic (exact) mass is 171 g/mol. The van der Waals surface area contributed by atoms with Crippen molar-refractivity contribution in [1.82, 2.24) is 9.97 Å². The summed E-state index contributed by atoms with van der Waals surface area (Å²) in [5.74, 6) is 1.58. The average Bonchev–Trinajstić information content (AvgIpc) is 2.33. The summed E-state index contributed by atoms with van der Waals surface area (Å²) in [4.78, 5) is 7.42. The number of H-pyrrole nitrogens is 1. The third-order valence-electron chi connectivity index (χ3n) is 1.58. The smallest absolute Gasteiger partial charge is 0.116 e. The zero-order chi connectivity index (χ0) is 8.27. The van der Waals surface area contributed by atoms with E-state index in [1.165, 1.54) is 0 Å². The number of nitrogens with zero attached hydrogens (tertiary/aromatic N) is 1. The molecule has 62 valence electrons. The molecule has 0 fully saturated rings. The molecule has 0 saturated carbocycles. The normalized spacial score (nSPS) is 10.5. The van der Waals surface area contributed by atoms with Gasteiger partial charge in [0.1, 0.15) is 5.82 Å². The van der Waals surface area contributed by atoms with Crippen molar-refractivity contribution in [3.63, 3.8) is 0 Å². The summed E-state index contributed by atoms with van der Waals surface area (Å²) in [6.45, 7) is 2.64. The molecule has 0 radical (unpaired) electrons. The summed E-state index contributed by atoms with van der Waals surface area (Å²) in [5.41, 5.74) is 7.59. The van der Waals surface area contributed by atoms with Gasteiger partial charge in [0.2, 0.25) is 0 Å². The van der Waals surface area contributed by atoms with Gasteiger partial charge in [-0.2, -0.15) is 12.6 Å². The number of nitrogens with one attached hydrogen (secondary N) is 1. The summed E-state index contributed by atoms with van der Waals surface area (Å²) in [5, 5.41) is 0. The van der Waals surface area contributed by atoms with E-state index < -0.39 is 0 Å². The Balaban J connectivity index is 2.79. The van der Waals surface area contributed by atoms with Crippen molar-refractivity contribution in [2.45, 2.75) is 19.1 Å². The Hall–Kier alpha value is -0.480. The molecule has 0 atom stereocenters. The van der Waals surface area contributed by atoms with Crippen LogP contribution in [0.5, 0.6) is 0 Å². The molecule has 0 aliphatic heterocycles. The lowest BCUT2D eigenvalue weighted by molar-refractivity contribution is 0.919. The van der Waals surface area contributed by atoms with Crippen molar-refractivity contribution in [1.29, 1.82) is 0 Å². The first-order valence-electron chi connectivity index (χ1n) is 3.63. The van der Waals surface area contributed by atoms with E-state index >= 15 is 0 Å². The number of hydrogen-bond acceptors (Lipinski definition) is 3. The van der Waals surface area contributed by atoms with Gasteiger partial charge in [-0.1, -0.05) is 0 Å². The Morgan fingerprint density at radius 2 is 2.36 bits per heavy atom. The molecular formula is C7H13N3S. The van der Waals surface area contributed by atoms with Gasteiger partial charge in [-0.05, 0) is 13.5 Å². The second-order valence-corrected chi connectivity index (χ2v) is 2.76. The van der Waals surface area contributed by atoms with Crippen LogP contribution in [0.1, 0.15) is 17.2 Å². The van der Waals surface area contributed by atoms with Gasteiger partial charge >= 0.3 is 0 Å². The fourth-order valence-corrected chi connectivity index (χ4v) is 1.17. The zero-order valence-corrected chi connectivity index (χ0v) is 7.49. The molecule has 3 nitrogen and oxygen atoms in total. The minimum atomic E-state index is 0.658. The maximum atomic E-state index is 5.41. The molecule has 0 aliphatic carbocycles. The van der Waals surface area contributed by atoms with Gasteiger partial charge in [0.25, 0.3) is 0 Å². The van der Waals surface area contributed by atoms with Crippen molar-refractivity contribution >= 4 is 12.6 Å². The van der Waals surface area contributed by atoms with E-state index in [0.29, 0.717) is 12.3 Å². The molecule has 0 spiro atoms. The Morgan fingerprint density at radius 1 is 1.64 bits per heavy atom. The molecule has 1 heterocycles. The van der Waals surface area contributed by atoms with Gasteiger partial charge in [0.05, 0.1) is 5.69 Å². The number of aryl methyl sites for hydroxylation is 1. The predicted molar refractivity (Wildman–Crippen MR) is 48.8 cm³/mol. The van der Waals surface area contributed by atoms with Crippen molar-refractivity contribution in [2.24, 2.45) is 5.73 Å². The molecule has 1 rings (SSSR count). The highest BCUT2D eigenvalue weighted by atomic mass is 32.1. The first kappa shape index (κ1) is 8.62. The topological polar surface area (TPSA) is 54.7 Å². The molecule has 0 aliphatic rings. The number of aromatic nitrogens is 2. The molecule has 0 aromatic carbocycles. The Kier molecular flexibility index (Phi) is 2.96. The van der Waals surface area contributed by atoms with Crippen LogP contribution in [0, 0.1) is 6.92 Å². The zero-order valence-electron chi connectivity index (χ0n) is 6.59. The predicted octanol–water partition coefficient (Wildman–Crippen LogP) is 0.649. The quantitative estimate of drug-likeness (QED) is 0.585. The van der Waals surface area contributed by atoms with E-state index in [1.54, 1.807) is 0 Å². The van der Waals surface area contributed by atoms with E-state index in [2.05, 4.69) is 22.6 Å². The highest BCUT2D eigenvalue weighted by Gasteiger charge is 2.02. The van der Waals surface area contributed by atoms with Crippen molar-refractivity contribution in [3.05, 3.63) is 17.2 Å². The van der Waals surface area contributed by atoms with Crippen LogP contribution in [0.2, 0.25) is 0 Å². The molecule has 1 aromatic rings. The maximum absolute atomic E-state index is 5.41. The van der Waals surface area contributed by atoms with Gasteiger partial charge in [0.15, 0.2) is 0 Å². The first-order valence-corrected chi connectivity index (χ1v) is 4.26. The SMILES string of the molecule is Cc1nc(CS)[nH]c1CCN. The van der Waals surface area contributed by atoms with Crippen molar-refractivity contribution in [2.75, 3.05) is 6.54 Å². The van der Waals surface area contributed by atoms with Crippen LogP contribution >= 0.6 is 12.6 Å². The molecule has 0 bridgehead atoms. The van der Waals surface area contributed by atoms with E-state index in [-0.39, 0.29) is 0 Å². The molecule has 0 amide bonds. The van der Waals surface area contributed by atoms with E-state index in [9.17, 15) is 0 Å². The lowest BCUT2D eigenvalue weighted by Crippen LogP contribution is -2.03. The second kappa shape index (κ2) is 3.78. The van der Waals surface area contributed by atoms with E-state index in [4.69, 9.17) is 5.73 Å². The summed E-state index contributed by atoms with van der Waals surface area (Å²) < 4.78 is 0.